The Labute approximate surface area is 107 Å². The summed E-state index contributed by atoms with van der Waals surface area (Å²) < 4.78 is 1.88. The first kappa shape index (κ1) is 12.9. The van der Waals surface area contributed by atoms with E-state index in [0.29, 0.717) is 6.54 Å². The van der Waals surface area contributed by atoms with Gasteiger partial charge in [-0.3, -0.25) is 9.48 Å². The van der Waals surface area contributed by atoms with Gasteiger partial charge in [-0.05, 0) is 13.3 Å². The molecule has 0 aliphatic carbocycles. The molecule has 1 unspecified atom stereocenters. The van der Waals surface area contributed by atoms with Crippen molar-refractivity contribution in [2.24, 2.45) is 12.8 Å². The van der Waals surface area contributed by atoms with Gasteiger partial charge in [-0.2, -0.15) is 5.10 Å². The maximum Gasteiger partial charge on any atom is 0.217 e. The summed E-state index contributed by atoms with van der Waals surface area (Å²) in [5, 5.41) is 7.38. The number of anilines is 1. The second kappa shape index (κ2) is 4.97. The molecule has 0 bridgehead atoms. The summed E-state index contributed by atoms with van der Waals surface area (Å²) in [6.45, 7) is 5.79. The predicted octanol–water partition coefficient (Wildman–Crippen LogP) is -0.0980. The Hall–Kier alpha value is -1.56. The minimum absolute atomic E-state index is 0.0297. The van der Waals surface area contributed by atoms with Crippen molar-refractivity contribution < 1.29 is 4.79 Å². The standard InChI is InChI=1S/C12H21N5O/c1-8-11(6-13)12(16(3)15-8)17-5-4-10(7-17)14-9(2)18/h10H,4-7,13H2,1-3H3,(H,14,18). The Kier molecular flexibility index (Phi) is 3.56. The molecule has 1 aromatic heterocycles. The summed E-state index contributed by atoms with van der Waals surface area (Å²) in [6, 6.07) is 0.225. The number of amides is 1. The Bertz CT molecular complexity index is 454. The number of nitrogens with zero attached hydrogens (tertiary/aromatic N) is 3. The lowest BCUT2D eigenvalue weighted by Crippen LogP contribution is -2.36. The fraction of sp³-hybridized carbons (Fsp3) is 0.667. The molecule has 0 saturated carbocycles. The first-order valence-corrected chi connectivity index (χ1v) is 6.27. The molecule has 1 atom stereocenters. The van der Waals surface area contributed by atoms with E-state index >= 15 is 0 Å². The lowest BCUT2D eigenvalue weighted by molar-refractivity contribution is -0.119. The van der Waals surface area contributed by atoms with E-state index < -0.39 is 0 Å². The second-order valence-electron chi connectivity index (χ2n) is 4.85. The van der Waals surface area contributed by atoms with Crippen molar-refractivity contribution in [1.29, 1.82) is 0 Å². The molecule has 1 fully saturated rings. The van der Waals surface area contributed by atoms with Gasteiger partial charge in [-0.15, -0.1) is 0 Å². The van der Waals surface area contributed by atoms with Crippen LogP contribution in [0, 0.1) is 6.92 Å². The molecule has 3 N–H and O–H groups in total. The van der Waals surface area contributed by atoms with Gasteiger partial charge in [0.25, 0.3) is 0 Å². The fourth-order valence-electron chi connectivity index (χ4n) is 2.68. The van der Waals surface area contributed by atoms with E-state index in [4.69, 9.17) is 5.73 Å². The number of nitrogens with one attached hydrogen (secondary N) is 1. The SMILES string of the molecule is CC(=O)NC1CCN(c2c(CN)c(C)nn2C)C1. The van der Waals surface area contributed by atoms with Crippen LogP contribution in [0.1, 0.15) is 24.6 Å². The van der Waals surface area contributed by atoms with Crippen LogP contribution in [0.25, 0.3) is 0 Å². The molecule has 6 heteroatoms. The molecular weight excluding hydrogens is 230 g/mol. The average molecular weight is 251 g/mol. The highest BCUT2D eigenvalue weighted by Crippen LogP contribution is 2.26. The van der Waals surface area contributed by atoms with Crippen LogP contribution in [0.5, 0.6) is 0 Å². The number of nitrogens with two attached hydrogens (primary N) is 1. The number of carbonyl (C=O) groups excluding carboxylic acids is 1. The zero-order chi connectivity index (χ0) is 13.3. The van der Waals surface area contributed by atoms with E-state index in [1.165, 1.54) is 0 Å². The van der Waals surface area contributed by atoms with E-state index in [-0.39, 0.29) is 11.9 Å². The largest absolute Gasteiger partial charge is 0.354 e. The topological polar surface area (TPSA) is 76.2 Å². The summed E-state index contributed by atoms with van der Waals surface area (Å²) in [4.78, 5) is 13.3. The van der Waals surface area contributed by atoms with Crippen LogP contribution in [-0.4, -0.2) is 34.8 Å². The van der Waals surface area contributed by atoms with Gasteiger partial charge in [0, 0.05) is 45.2 Å². The summed E-state index contributed by atoms with van der Waals surface area (Å²) in [7, 11) is 1.94. The number of rotatable bonds is 3. The Balaban J connectivity index is 2.16. The number of aryl methyl sites for hydroxylation is 2. The van der Waals surface area contributed by atoms with Gasteiger partial charge in [0.2, 0.25) is 5.91 Å². The van der Waals surface area contributed by atoms with E-state index in [2.05, 4.69) is 15.3 Å². The third-order valence-electron chi connectivity index (χ3n) is 3.41. The Morgan fingerprint density at radius 3 is 2.94 bits per heavy atom. The van der Waals surface area contributed by atoms with E-state index in [1.807, 2.05) is 18.7 Å². The average Bonchev–Trinajstić information content (AvgIpc) is 2.81. The third-order valence-corrected chi connectivity index (χ3v) is 3.41. The normalized spacial score (nSPS) is 19.3. The van der Waals surface area contributed by atoms with Crippen LogP contribution in [0.2, 0.25) is 0 Å². The summed E-state index contributed by atoms with van der Waals surface area (Å²) in [6.07, 6.45) is 0.966. The minimum atomic E-state index is 0.0297. The van der Waals surface area contributed by atoms with Crippen molar-refractivity contribution in [2.45, 2.75) is 32.9 Å². The molecule has 2 rings (SSSR count). The fourth-order valence-corrected chi connectivity index (χ4v) is 2.68. The smallest absolute Gasteiger partial charge is 0.217 e. The molecular formula is C12H21N5O. The zero-order valence-electron chi connectivity index (χ0n) is 11.2. The second-order valence-corrected chi connectivity index (χ2v) is 4.85. The predicted molar refractivity (Wildman–Crippen MR) is 70.3 cm³/mol. The molecule has 18 heavy (non-hydrogen) atoms. The highest BCUT2D eigenvalue weighted by atomic mass is 16.1. The minimum Gasteiger partial charge on any atom is -0.354 e. The zero-order valence-corrected chi connectivity index (χ0v) is 11.2. The van der Waals surface area contributed by atoms with Crippen molar-refractivity contribution in [3.05, 3.63) is 11.3 Å². The third kappa shape index (κ3) is 2.33. The first-order valence-electron chi connectivity index (χ1n) is 6.27. The summed E-state index contributed by atoms with van der Waals surface area (Å²) in [5.74, 6) is 1.12. The Morgan fingerprint density at radius 1 is 1.61 bits per heavy atom. The van der Waals surface area contributed by atoms with Crippen molar-refractivity contribution in [1.82, 2.24) is 15.1 Å². The van der Waals surface area contributed by atoms with Crippen LogP contribution in [0.4, 0.5) is 5.82 Å². The number of hydrogen-bond donors (Lipinski definition) is 2. The highest BCUT2D eigenvalue weighted by Gasteiger charge is 2.27. The maximum absolute atomic E-state index is 11.1. The van der Waals surface area contributed by atoms with E-state index in [9.17, 15) is 4.79 Å². The molecule has 0 radical (unpaired) electrons. The first-order chi connectivity index (χ1) is 8.52. The molecule has 6 nitrogen and oxygen atoms in total. The summed E-state index contributed by atoms with van der Waals surface area (Å²) >= 11 is 0. The molecule has 100 valence electrons. The van der Waals surface area contributed by atoms with Crippen molar-refractivity contribution in [3.63, 3.8) is 0 Å². The lowest BCUT2D eigenvalue weighted by Gasteiger charge is -2.20. The molecule has 0 aromatic carbocycles. The summed E-state index contributed by atoms with van der Waals surface area (Å²) in [5.41, 5.74) is 7.88. The van der Waals surface area contributed by atoms with Gasteiger partial charge in [-0.1, -0.05) is 0 Å². The van der Waals surface area contributed by atoms with Gasteiger partial charge in [0.15, 0.2) is 0 Å². The van der Waals surface area contributed by atoms with Crippen LogP contribution < -0.4 is 16.0 Å². The van der Waals surface area contributed by atoms with Crippen molar-refractivity contribution >= 4 is 11.7 Å². The number of carbonyl (C=O) groups is 1. The molecule has 0 spiro atoms. The van der Waals surface area contributed by atoms with E-state index in [0.717, 1.165) is 36.6 Å². The highest BCUT2D eigenvalue weighted by molar-refractivity contribution is 5.73. The van der Waals surface area contributed by atoms with Crippen molar-refractivity contribution in [2.75, 3.05) is 18.0 Å². The molecule has 1 aromatic rings. The van der Waals surface area contributed by atoms with E-state index in [1.54, 1.807) is 6.92 Å². The number of hydrogen-bond acceptors (Lipinski definition) is 4. The molecule has 1 saturated heterocycles. The molecule has 1 aliphatic rings. The van der Waals surface area contributed by atoms with Gasteiger partial charge in [0.05, 0.1) is 5.69 Å². The van der Waals surface area contributed by atoms with Gasteiger partial charge in [0.1, 0.15) is 5.82 Å². The molecule has 1 amide bonds. The maximum atomic E-state index is 11.1. The van der Waals surface area contributed by atoms with Crippen LogP contribution in [0.3, 0.4) is 0 Å². The molecule has 1 aliphatic heterocycles. The monoisotopic (exact) mass is 251 g/mol. The molecule has 2 heterocycles. The Morgan fingerprint density at radius 2 is 2.33 bits per heavy atom. The van der Waals surface area contributed by atoms with Gasteiger partial charge in [-0.25, -0.2) is 0 Å². The van der Waals surface area contributed by atoms with Crippen LogP contribution in [0.15, 0.2) is 0 Å². The van der Waals surface area contributed by atoms with Crippen LogP contribution >= 0.6 is 0 Å². The van der Waals surface area contributed by atoms with Crippen molar-refractivity contribution in [3.8, 4) is 0 Å². The lowest BCUT2D eigenvalue weighted by atomic mass is 10.2. The van der Waals surface area contributed by atoms with Gasteiger partial charge >= 0.3 is 0 Å². The number of aromatic nitrogens is 2. The quantitative estimate of drug-likeness (QED) is 0.786. The van der Waals surface area contributed by atoms with Crippen LogP contribution in [-0.2, 0) is 18.4 Å². The van der Waals surface area contributed by atoms with Gasteiger partial charge < -0.3 is 16.0 Å².